The highest BCUT2D eigenvalue weighted by atomic mass is 32.2. The summed E-state index contributed by atoms with van der Waals surface area (Å²) in [4.78, 5) is 15.7. The van der Waals surface area contributed by atoms with Gasteiger partial charge in [0.2, 0.25) is 10.0 Å². The lowest BCUT2D eigenvalue weighted by molar-refractivity contribution is -0.123. The van der Waals surface area contributed by atoms with Gasteiger partial charge in [0, 0.05) is 30.5 Å². The number of carbonyl (C=O) groups excluding carboxylic acids is 1. The first-order valence-corrected chi connectivity index (χ1v) is 9.96. The number of alkyl halides is 3. The fourth-order valence-corrected chi connectivity index (χ4v) is 4.31. The van der Waals surface area contributed by atoms with E-state index in [2.05, 4.69) is 4.98 Å². The average Bonchev–Trinajstić information content (AvgIpc) is 3.49. The Balaban J connectivity index is 1.76. The molecule has 0 radical (unpaired) electrons. The molecule has 150 valence electrons. The van der Waals surface area contributed by atoms with Crippen molar-refractivity contribution in [2.45, 2.75) is 36.5 Å². The summed E-state index contributed by atoms with van der Waals surface area (Å²) in [5.74, 6) is -0.919. The molecule has 1 heterocycles. The molecule has 0 bridgehead atoms. The highest BCUT2D eigenvalue weighted by Gasteiger charge is 2.38. The van der Waals surface area contributed by atoms with Crippen molar-refractivity contribution in [2.75, 3.05) is 6.54 Å². The standard InChI is InChI=1S/C18H18F3N3O3S/c19-18(20,21)12-23-17(25)14-1-5-16(6-2-14)28(26,27)24(15-3-4-15)11-13-7-9-22-10-8-13/h1-2,5-10,15H,3-4,11-12H2,(H,23,25). The first kappa shape index (κ1) is 20.3. The second-order valence-electron chi connectivity index (χ2n) is 6.46. The number of hydrogen-bond acceptors (Lipinski definition) is 4. The molecule has 1 aliphatic rings. The lowest BCUT2D eigenvalue weighted by Gasteiger charge is -2.22. The van der Waals surface area contributed by atoms with Crippen molar-refractivity contribution >= 4 is 15.9 Å². The Morgan fingerprint density at radius 2 is 1.71 bits per heavy atom. The molecule has 1 fully saturated rings. The smallest absolute Gasteiger partial charge is 0.343 e. The predicted molar refractivity (Wildman–Crippen MR) is 94.8 cm³/mol. The number of aromatic nitrogens is 1. The maximum Gasteiger partial charge on any atom is 0.405 e. The van der Waals surface area contributed by atoms with Gasteiger partial charge in [-0.2, -0.15) is 17.5 Å². The maximum absolute atomic E-state index is 13.0. The van der Waals surface area contributed by atoms with Crippen LogP contribution in [0.15, 0.2) is 53.7 Å². The molecular weight excluding hydrogens is 395 g/mol. The van der Waals surface area contributed by atoms with Gasteiger partial charge < -0.3 is 5.32 Å². The van der Waals surface area contributed by atoms with Crippen LogP contribution in [0.25, 0.3) is 0 Å². The third-order valence-electron chi connectivity index (χ3n) is 4.21. The van der Waals surface area contributed by atoms with Crippen LogP contribution in [0.4, 0.5) is 13.2 Å². The zero-order valence-corrected chi connectivity index (χ0v) is 15.5. The van der Waals surface area contributed by atoms with E-state index >= 15 is 0 Å². The van der Waals surface area contributed by atoms with Crippen molar-refractivity contribution in [1.82, 2.24) is 14.6 Å². The molecule has 1 aromatic carbocycles. The third kappa shape index (κ3) is 5.08. The van der Waals surface area contributed by atoms with E-state index in [1.807, 2.05) is 0 Å². The maximum atomic E-state index is 13.0. The molecule has 0 unspecified atom stereocenters. The normalized spacial score (nSPS) is 14.9. The Morgan fingerprint density at radius 1 is 1.11 bits per heavy atom. The van der Waals surface area contributed by atoms with Crippen LogP contribution in [-0.4, -0.2) is 42.4 Å². The zero-order chi connectivity index (χ0) is 20.4. The van der Waals surface area contributed by atoms with Gasteiger partial charge in [-0.05, 0) is 54.8 Å². The Kier molecular flexibility index (Phi) is 5.71. The number of benzene rings is 1. The van der Waals surface area contributed by atoms with Crippen molar-refractivity contribution < 1.29 is 26.4 Å². The van der Waals surface area contributed by atoms with E-state index in [9.17, 15) is 26.4 Å². The second kappa shape index (κ2) is 7.88. The van der Waals surface area contributed by atoms with Gasteiger partial charge >= 0.3 is 6.18 Å². The minimum Gasteiger partial charge on any atom is -0.343 e. The van der Waals surface area contributed by atoms with Crippen LogP contribution in [0.2, 0.25) is 0 Å². The first-order chi connectivity index (χ1) is 13.2. The molecule has 28 heavy (non-hydrogen) atoms. The number of amides is 1. The molecule has 1 amide bonds. The molecule has 0 aliphatic heterocycles. The van der Waals surface area contributed by atoms with Crippen LogP contribution in [0, 0.1) is 0 Å². The number of pyridine rings is 1. The van der Waals surface area contributed by atoms with Crippen molar-refractivity contribution in [2.24, 2.45) is 0 Å². The lowest BCUT2D eigenvalue weighted by atomic mass is 10.2. The van der Waals surface area contributed by atoms with E-state index < -0.39 is 28.7 Å². The number of hydrogen-bond donors (Lipinski definition) is 1. The van der Waals surface area contributed by atoms with E-state index in [4.69, 9.17) is 0 Å². The Labute approximate surface area is 160 Å². The summed E-state index contributed by atoms with van der Waals surface area (Å²) in [6, 6.07) is 8.26. The molecule has 1 aliphatic carbocycles. The van der Waals surface area contributed by atoms with Gasteiger partial charge in [-0.3, -0.25) is 9.78 Å². The minimum absolute atomic E-state index is 0.0131. The van der Waals surface area contributed by atoms with Crippen LogP contribution in [0.1, 0.15) is 28.8 Å². The zero-order valence-electron chi connectivity index (χ0n) is 14.7. The largest absolute Gasteiger partial charge is 0.405 e. The molecule has 0 spiro atoms. The molecule has 1 saturated carbocycles. The minimum atomic E-state index is -4.52. The van der Waals surface area contributed by atoms with Gasteiger partial charge in [-0.15, -0.1) is 0 Å². The van der Waals surface area contributed by atoms with Crippen LogP contribution in [0.5, 0.6) is 0 Å². The highest BCUT2D eigenvalue weighted by molar-refractivity contribution is 7.89. The van der Waals surface area contributed by atoms with Gasteiger partial charge in [0.25, 0.3) is 5.91 Å². The summed E-state index contributed by atoms with van der Waals surface area (Å²) >= 11 is 0. The average molecular weight is 413 g/mol. The Morgan fingerprint density at radius 3 is 2.25 bits per heavy atom. The SMILES string of the molecule is O=C(NCC(F)(F)F)c1ccc(S(=O)(=O)N(Cc2ccncc2)C2CC2)cc1. The van der Waals surface area contributed by atoms with E-state index in [1.54, 1.807) is 29.8 Å². The summed E-state index contributed by atoms with van der Waals surface area (Å²) in [6.07, 6.45) is 0.184. The number of nitrogens with one attached hydrogen (secondary N) is 1. The molecule has 2 aromatic rings. The highest BCUT2D eigenvalue weighted by Crippen LogP contribution is 2.33. The quantitative estimate of drug-likeness (QED) is 0.757. The molecular formula is C18H18F3N3O3S. The number of sulfonamides is 1. The fourth-order valence-electron chi connectivity index (χ4n) is 2.64. The van der Waals surface area contributed by atoms with Crippen molar-refractivity contribution in [3.63, 3.8) is 0 Å². The van der Waals surface area contributed by atoms with E-state index in [-0.39, 0.29) is 23.0 Å². The van der Waals surface area contributed by atoms with Gasteiger partial charge in [-0.25, -0.2) is 8.42 Å². The molecule has 1 aromatic heterocycles. The van der Waals surface area contributed by atoms with Crippen molar-refractivity contribution in [1.29, 1.82) is 0 Å². The Bertz CT molecular complexity index is 928. The third-order valence-corrected chi connectivity index (χ3v) is 6.13. The summed E-state index contributed by atoms with van der Waals surface area (Å²) in [7, 11) is -3.81. The lowest BCUT2D eigenvalue weighted by Crippen LogP contribution is -2.34. The molecule has 3 rings (SSSR count). The van der Waals surface area contributed by atoms with Gasteiger partial charge in [-0.1, -0.05) is 0 Å². The monoisotopic (exact) mass is 413 g/mol. The number of nitrogens with zero attached hydrogens (tertiary/aromatic N) is 2. The van der Waals surface area contributed by atoms with Gasteiger partial charge in [0.15, 0.2) is 0 Å². The Hall–Kier alpha value is -2.46. The van der Waals surface area contributed by atoms with Crippen molar-refractivity contribution in [3.8, 4) is 0 Å². The van der Waals surface area contributed by atoms with Crippen LogP contribution >= 0.6 is 0 Å². The van der Waals surface area contributed by atoms with E-state index in [0.29, 0.717) is 0 Å². The van der Waals surface area contributed by atoms with Crippen molar-refractivity contribution in [3.05, 3.63) is 59.9 Å². The van der Waals surface area contributed by atoms with Gasteiger partial charge in [0.05, 0.1) is 4.90 Å². The molecule has 6 nitrogen and oxygen atoms in total. The van der Waals surface area contributed by atoms with Crippen LogP contribution in [0.3, 0.4) is 0 Å². The summed E-state index contributed by atoms with van der Waals surface area (Å²) in [5, 5.41) is 1.75. The molecule has 1 N–H and O–H groups in total. The number of halogens is 3. The summed E-state index contributed by atoms with van der Waals surface area (Å²) < 4.78 is 64.0. The van der Waals surface area contributed by atoms with E-state index in [1.165, 1.54) is 28.6 Å². The van der Waals surface area contributed by atoms with E-state index in [0.717, 1.165) is 18.4 Å². The topological polar surface area (TPSA) is 79.4 Å². The molecule has 0 atom stereocenters. The predicted octanol–water partition coefficient (Wildman–Crippen LogP) is 2.73. The summed E-state index contributed by atoms with van der Waals surface area (Å²) in [6.45, 7) is -1.25. The van der Waals surface area contributed by atoms with Crippen LogP contribution in [-0.2, 0) is 16.6 Å². The number of rotatable bonds is 7. The van der Waals surface area contributed by atoms with Gasteiger partial charge in [0.1, 0.15) is 6.54 Å². The molecule has 0 saturated heterocycles. The fraction of sp³-hybridized carbons (Fsp3) is 0.333. The summed E-state index contributed by atoms with van der Waals surface area (Å²) in [5.41, 5.74) is 0.754. The molecule has 10 heteroatoms. The number of carbonyl (C=O) groups is 1. The van der Waals surface area contributed by atoms with Crippen LogP contribution < -0.4 is 5.32 Å². The second-order valence-corrected chi connectivity index (χ2v) is 8.35. The first-order valence-electron chi connectivity index (χ1n) is 8.52.